The van der Waals surface area contributed by atoms with Gasteiger partial charge in [-0.15, -0.1) is 11.3 Å². The first-order valence-electron chi connectivity index (χ1n) is 18.4. The van der Waals surface area contributed by atoms with Crippen LogP contribution < -0.4 is 20.9 Å². The van der Waals surface area contributed by atoms with Crippen LogP contribution in [-0.4, -0.2) is 100 Å². The molecule has 5 atom stereocenters. The van der Waals surface area contributed by atoms with Crippen molar-refractivity contribution in [3.63, 3.8) is 0 Å². The lowest BCUT2D eigenvalue weighted by atomic mass is 9.95. The number of fused-ring (bicyclic) bond motifs is 5. The van der Waals surface area contributed by atoms with Crippen molar-refractivity contribution in [1.82, 2.24) is 24.3 Å². The van der Waals surface area contributed by atoms with Gasteiger partial charge in [-0.1, -0.05) is 0 Å². The minimum absolute atomic E-state index is 0.0419. The number of aromatic nitrogens is 3. The molecule has 10 rings (SSSR count). The second-order valence-electron chi connectivity index (χ2n) is 15.5. The van der Waals surface area contributed by atoms with Gasteiger partial charge < -0.3 is 24.7 Å². The molecule has 8 heterocycles. The van der Waals surface area contributed by atoms with Gasteiger partial charge in [0.15, 0.2) is 5.82 Å². The molecule has 0 amide bonds. The number of alkyl halides is 1. The van der Waals surface area contributed by atoms with E-state index in [1.165, 1.54) is 16.7 Å². The monoisotopic (exact) mass is 732 g/mol. The van der Waals surface area contributed by atoms with Gasteiger partial charge in [0, 0.05) is 67.8 Å². The van der Waals surface area contributed by atoms with Crippen LogP contribution in [0.1, 0.15) is 63.0 Å². The molecule has 5 saturated heterocycles. The molecular weight excluding hydrogens is 694 g/mol. The molecule has 6 aliphatic rings. The fraction of sp³-hybridized carbons (Fsp3) is 0.568. The van der Waals surface area contributed by atoms with Crippen LogP contribution in [0.3, 0.4) is 0 Å². The Bertz CT molecular complexity index is 2220. The Hall–Kier alpha value is -3.97. The van der Waals surface area contributed by atoms with Crippen molar-refractivity contribution in [2.24, 2.45) is 0 Å². The number of rotatable bonds is 7. The average Bonchev–Trinajstić information content (AvgIpc) is 3.40. The highest BCUT2D eigenvalue weighted by Crippen LogP contribution is 2.47. The first-order valence-corrected chi connectivity index (χ1v) is 19.2. The Morgan fingerprint density at radius 3 is 2.58 bits per heavy atom. The van der Waals surface area contributed by atoms with Crippen molar-refractivity contribution in [1.29, 1.82) is 5.26 Å². The molecule has 2 N–H and O–H groups in total. The van der Waals surface area contributed by atoms with Crippen LogP contribution in [-0.2, 0) is 4.74 Å². The van der Waals surface area contributed by atoms with Crippen molar-refractivity contribution in [3.05, 3.63) is 39.7 Å². The average molecular weight is 733 g/mol. The summed E-state index contributed by atoms with van der Waals surface area (Å²) in [5, 5.41) is 10.4. The number of nitriles is 1. The van der Waals surface area contributed by atoms with Gasteiger partial charge in [0.05, 0.1) is 28.1 Å². The smallest absolute Gasteiger partial charge is 0.319 e. The summed E-state index contributed by atoms with van der Waals surface area (Å²) < 4.78 is 61.1. The largest absolute Gasteiger partial charge is 0.461 e. The molecule has 0 radical (unpaired) electrons. The summed E-state index contributed by atoms with van der Waals surface area (Å²) in [7, 11) is 0. The number of nitrogens with two attached hydrogens (primary N) is 1. The predicted octanol–water partition coefficient (Wildman–Crippen LogP) is 5.14. The maximum absolute atomic E-state index is 17.6. The summed E-state index contributed by atoms with van der Waals surface area (Å²) in [6, 6.07) is 5.14. The Morgan fingerprint density at radius 1 is 1.06 bits per heavy atom. The molecule has 3 aromatic heterocycles. The number of piperazine rings is 1. The summed E-state index contributed by atoms with van der Waals surface area (Å²) in [6.07, 6.45) is 5.42. The highest BCUT2D eigenvalue weighted by molar-refractivity contribution is 7.23. The van der Waals surface area contributed by atoms with Crippen LogP contribution in [0.4, 0.5) is 24.0 Å². The number of benzene rings is 1. The van der Waals surface area contributed by atoms with Crippen molar-refractivity contribution in [2.45, 2.75) is 87.2 Å². The Morgan fingerprint density at radius 2 is 1.85 bits per heavy atom. The molecule has 1 aromatic carbocycles. The normalized spacial score (nSPS) is 29.1. The minimum Gasteiger partial charge on any atom is -0.461 e. The number of hydrogen-bond acceptors (Lipinski definition) is 11. The quantitative estimate of drug-likeness (QED) is 0.273. The van der Waals surface area contributed by atoms with Crippen LogP contribution in [0.5, 0.6) is 6.01 Å². The van der Waals surface area contributed by atoms with E-state index < -0.39 is 28.9 Å². The van der Waals surface area contributed by atoms with E-state index >= 15 is 8.78 Å². The van der Waals surface area contributed by atoms with E-state index in [4.69, 9.17) is 20.2 Å². The van der Waals surface area contributed by atoms with E-state index in [0.29, 0.717) is 57.4 Å². The van der Waals surface area contributed by atoms with Crippen molar-refractivity contribution in [3.8, 4) is 23.3 Å². The van der Waals surface area contributed by atoms with Gasteiger partial charge >= 0.3 is 6.01 Å². The van der Waals surface area contributed by atoms with Crippen molar-refractivity contribution in [2.75, 3.05) is 56.6 Å². The Labute approximate surface area is 301 Å². The Balaban J connectivity index is 1.16. The third-order valence-electron chi connectivity index (χ3n) is 12.5. The van der Waals surface area contributed by atoms with Gasteiger partial charge in [-0.3, -0.25) is 14.6 Å². The molecule has 52 heavy (non-hydrogen) atoms. The Kier molecular flexibility index (Phi) is 7.55. The van der Waals surface area contributed by atoms with Crippen LogP contribution in [0.25, 0.3) is 32.2 Å². The number of halogens is 3. The van der Waals surface area contributed by atoms with Crippen LogP contribution >= 0.6 is 11.3 Å². The zero-order valence-electron chi connectivity index (χ0n) is 28.6. The van der Waals surface area contributed by atoms with Gasteiger partial charge in [-0.05, 0) is 63.6 Å². The third-order valence-corrected chi connectivity index (χ3v) is 13.5. The number of pyridine rings is 1. The lowest BCUT2D eigenvalue weighted by molar-refractivity contribution is 0.0916. The SMILES string of the molecule is N#Cc1c(N)sc2c(F)ccc(-c3c(F)c4nc(OC[C@@]56CCCN5C[C@H](F)C6)nc(N5CC6CCC(C5)N6C5CCOC5)c4c(=O)n3C3CC3)c12. The predicted molar refractivity (Wildman–Crippen MR) is 191 cm³/mol. The molecule has 272 valence electrons. The summed E-state index contributed by atoms with van der Waals surface area (Å²) in [5.74, 6) is -1.02. The van der Waals surface area contributed by atoms with E-state index in [0.717, 1.165) is 56.6 Å². The number of anilines is 2. The highest BCUT2D eigenvalue weighted by atomic mass is 32.1. The maximum Gasteiger partial charge on any atom is 0.319 e. The lowest BCUT2D eigenvalue weighted by Crippen LogP contribution is -2.57. The standard InChI is InChI=1S/C37H39F3N8O3S/c38-19-12-37(9-1-10-46(37)14-19)18-51-36-43-30-28(34(44-36)45-15-21-4-5-22(16-45)47(21)23-8-11-50-17-23)35(49)48(20-2-3-20)31(29(30)40)24-6-7-26(39)32-27(24)25(13-41)33(42)52-32/h6-7,19-23H,1-5,8-12,14-18,42H2/t19-,21?,22?,23?,37+/m1/s1. The minimum atomic E-state index is -0.952. The molecule has 6 fully saturated rings. The molecule has 15 heteroatoms. The molecule has 1 saturated carbocycles. The van der Waals surface area contributed by atoms with E-state index in [-0.39, 0.29) is 73.6 Å². The van der Waals surface area contributed by atoms with E-state index in [2.05, 4.69) is 25.8 Å². The fourth-order valence-electron chi connectivity index (χ4n) is 10.1. The first kappa shape index (κ1) is 32.7. The molecule has 2 bridgehead atoms. The fourth-order valence-corrected chi connectivity index (χ4v) is 11.0. The van der Waals surface area contributed by atoms with Gasteiger partial charge in [0.2, 0.25) is 0 Å². The maximum atomic E-state index is 17.6. The van der Waals surface area contributed by atoms with Crippen LogP contribution in [0.2, 0.25) is 0 Å². The summed E-state index contributed by atoms with van der Waals surface area (Å²) in [6.45, 7) is 3.95. The zero-order valence-corrected chi connectivity index (χ0v) is 29.4. The second kappa shape index (κ2) is 12.0. The first-order chi connectivity index (χ1) is 25.2. The van der Waals surface area contributed by atoms with Gasteiger partial charge in [0.1, 0.15) is 46.4 Å². The lowest BCUT2D eigenvalue weighted by Gasteiger charge is -2.44. The highest BCUT2D eigenvalue weighted by Gasteiger charge is 2.50. The number of nitrogen functional groups attached to an aromatic ring is 1. The zero-order chi connectivity index (χ0) is 35.5. The van der Waals surface area contributed by atoms with Crippen molar-refractivity contribution >= 4 is 43.1 Å². The number of ether oxygens (including phenoxy) is 2. The van der Waals surface area contributed by atoms with Crippen LogP contribution in [0.15, 0.2) is 16.9 Å². The summed E-state index contributed by atoms with van der Waals surface area (Å²) in [5.41, 5.74) is 5.24. The number of thiophene rings is 1. The molecule has 0 spiro atoms. The molecule has 4 aromatic rings. The van der Waals surface area contributed by atoms with E-state index in [9.17, 15) is 14.4 Å². The number of hydrogen-bond donors (Lipinski definition) is 1. The topological polar surface area (TPSA) is 126 Å². The third kappa shape index (κ3) is 4.90. The molecular formula is C37H39F3N8O3S. The van der Waals surface area contributed by atoms with Gasteiger partial charge in [0.25, 0.3) is 5.56 Å². The van der Waals surface area contributed by atoms with Gasteiger partial charge in [-0.25, -0.2) is 13.2 Å². The van der Waals surface area contributed by atoms with Gasteiger partial charge in [-0.2, -0.15) is 15.2 Å². The molecule has 3 unspecified atom stereocenters. The molecule has 5 aliphatic heterocycles. The van der Waals surface area contributed by atoms with Crippen molar-refractivity contribution < 1.29 is 22.6 Å². The molecule has 11 nitrogen and oxygen atoms in total. The second-order valence-corrected chi connectivity index (χ2v) is 16.5. The number of nitrogens with zero attached hydrogens (tertiary/aromatic N) is 7. The summed E-state index contributed by atoms with van der Waals surface area (Å²) in [4.78, 5) is 31.2. The van der Waals surface area contributed by atoms with E-state index in [1.54, 1.807) is 0 Å². The van der Waals surface area contributed by atoms with E-state index in [1.807, 2.05) is 0 Å². The molecule has 1 aliphatic carbocycles. The van der Waals surface area contributed by atoms with Crippen LogP contribution in [0, 0.1) is 23.0 Å². The summed E-state index contributed by atoms with van der Waals surface area (Å²) >= 11 is 0.923.